The lowest BCUT2D eigenvalue weighted by atomic mass is 10.1. The van der Waals surface area contributed by atoms with Crippen molar-refractivity contribution in [3.63, 3.8) is 0 Å². The molecule has 10 nitrogen and oxygen atoms in total. The van der Waals surface area contributed by atoms with Crippen LogP contribution in [0.4, 0.5) is 0 Å². The molecule has 0 fully saturated rings. The number of hydrogen-bond acceptors (Lipinski definition) is 9. The van der Waals surface area contributed by atoms with E-state index in [2.05, 4.69) is 10.3 Å². The predicted octanol–water partition coefficient (Wildman–Crippen LogP) is 3.80. The summed E-state index contributed by atoms with van der Waals surface area (Å²) >= 11 is 1.31. The highest BCUT2D eigenvalue weighted by Crippen LogP contribution is 2.49. The van der Waals surface area contributed by atoms with E-state index >= 15 is 0 Å². The van der Waals surface area contributed by atoms with Crippen molar-refractivity contribution in [1.82, 2.24) is 14.7 Å². The minimum atomic E-state index is -0.183. The van der Waals surface area contributed by atoms with Crippen molar-refractivity contribution in [2.24, 2.45) is 0 Å². The van der Waals surface area contributed by atoms with Gasteiger partial charge in [-0.3, -0.25) is 9.20 Å². The second-order valence-corrected chi connectivity index (χ2v) is 8.83. The second kappa shape index (κ2) is 9.86. The van der Waals surface area contributed by atoms with Gasteiger partial charge < -0.3 is 33.7 Å². The van der Waals surface area contributed by atoms with Crippen LogP contribution < -0.4 is 33.7 Å². The third-order valence-corrected chi connectivity index (χ3v) is 6.80. The van der Waals surface area contributed by atoms with Gasteiger partial charge in [-0.1, -0.05) is 11.3 Å². The Morgan fingerprint density at radius 1 is 1.03 bits per heavy atom. The molecule has 11 heteroatoms. The first-order chi connectivity index (χ1) is 17.6. The van der Waals surface area contributed by atoms with Crippen LogP contribution >= 0.6 is 11.3 Å². The van der Waals surface area contributed by atoms with Gasteiger partial charge in [0.05, 0.1) is 34.1 Å². The Hall–Kier alpha value is -4.12. The number of hydrogen-bond donors (Lipinski definition) is 1. The van der Waals surface area contributed by atoms with Gasteiger partial charge in [-0.05, 0) is 30.7 Å². The summed E-state index contributed by atoms with van der Waals surface area (Å²) in [5, 5.41) is 2.96. The normalized spacial score (nSPS) is 12.0. The number of aromatic nitrogens is 2. The Morgan fingerprint density at radius 2 is 1.83 bits per heavy atom. The van der Waals surface area contributed by atoms with E-state index in [-0.39, 0.29) is 12.7 Å². The number of rotatable bonds is 9. The maximum atomic E-state index is 12.8. The highest BCUT2D eigenvalue weighted by molar-refractivity contribution is 7.18. The fourth-order valence-electron chi connectivity index (χ4n) is 4.07. The largest absolute Gasteiger partial charge is 0.497 e. The number of nitrogens with zero attached hydrogens (tertiary/aromatic N) is 2. The van der Waals surface area contributed by atoms with E-state index < -0.39 is 0 Å². The molecule has 0 aliphatic carbocycles. The van der Waals surface area contributed by atoms with Gasteiger partial charge in [-0.2, -0.15) is 0 Å². The number of carbonyl (C=O) groups excluding carboxylic acids is 1. The first-order valence-electron chi connectivity index (χ1n) is 11.1. The van der Waals surface area contributed by atoms with Crippen molar-refractivity contribution >= 4 is 22.2 Å². The molecule has 188 valence electrons. The summed E-state index contributed by atoms with van der Waals surface area (Å²) in [5.41, 5.74) is 2.39. The van der Waals surface area contributed by atoms with Crippen LogP contribution in [0.25, 0.3) is 16.2 Å². The van der Waals surface area contributed by atoms with Crippen LogP contribution in [0, 0.1) is 0 Å². The van der Waals surface area contributed by atoms with E-state index in [1.165, 1.54) is 11.3 Å². The van der Waals surface area contributed by atoms with Crippen molar-refractivity contribution in [3.8, 4) is 45.8 Å². The molecule has 1 amide bonds. The summed E-state index contributed by atoms with van der Waals surface area (Å²) in [6, 6.07) is 7.38. The Labute approximate surface area is 211 Å². The van der Waals surface area contributed by atoms with E-state index in [1.54, 1.807) is 34.6 Å². The maximum absolute atomic E-state index is 12.8. The summed E-state index contributed by atoms with van der Waals surface area (Å²) in [5.74, 6) is 3.39. The number of benzene rings is 2. The molecule has 4 aromatic rings. The van der Waals surface area contributed by atoms with E-state index in [4.69, 9.17) is 28.4 Å². The fraction of sp³-hybridized carbons (Fsp3) is 0.280. The van der Waals surface area contributed by atoms with Crippen LogP contribution in [0.2, 0.25) is 0 Å². The Morgan fingerprint density at radius 3 is 2.56 bits per heavy atom. The molecule has 5 rings (SSSR count). The quantitative estimate of drug-likeness (QED) is 0.362. The highest BCUT2D eigenvalue weighted by atomic mass is 32.1. The SMILES string of the molecule is COc1ccc(OC)c(-c2cn3cc(C(=O)NCCc4cc(OC)c5c(c4OC)OCO5)sc3n2)c1. The van der Waals surface area contributed by atoms with E-state index in [0.717, 1.165) is 16.8 Å². The minimum Gasteiger partial charge on any atom is -0.497 e. The Bertz CT molecular complexity index is 1400. The lowest BCUT2D eigenvalue weighted by molar-refractivity contribution is 0.0957. The summed E-state index contributed by atoms with van der Waals surface area (Å²) in [6.45, 7) is 0.499. The van der Waals surface area contributed by atoms with Crippen LogP contribution in [-0.2, 0) is 6.42 Å². The number of fused-ring (bicyclic) bond motifs is 2. The van der Waals surface area contributed by atoms with Crippen LogP contribution in [0.1, 0.15) is 15.2 Å². The number of thiazole rings is 1. The first-order valence-corrected chi connectivity index (χ1v) is 11.9. The van der Waals surface area contributed by atoms with E-state index in [9.17, 15) is 4.79 Å². The average Bonchev–Trinajstić information content (AvgIpc) is 3.63. The average molecular weight is 512 g/mol. The third kappa shape index (κ3) is 4.22. The van der Waals surface area contributed by atoms with Gasteiger partial charge in [0.2, 0.25) is 18.3 Å². The maximum Gasteiger partial charge on any atom is 0.263 e. The number of imidazole rings is 1. The van der Waals surface area contributed by atoms with Crippen molar-refractivity contribution in [1.29, 1.82) is 0 Å². The number of amides is 1. The molecule has 2 aromatic heterocycles. The van der Waals surface area contributed by atoms with Gasteiger partial charge >= 0.3 is 0 Å². The smallest absolute Gasteiger partial charge is 0.263 e. The van der Waals surface area contributed by atoms with Crippen molar-refractivity contribution < 1.29 is 33.2 Å². The molecule has 36 heavy (non-hydrogen) atoms. The standard InChI is InChI=1S/C25H25N3O7S/c1-30-15-5-6-18(31-2)16(10-15)17-11-28-12-20(36-25(28)27-17)24(29)26-8-7-14-9-19(32-3)22-23(21(14)33-4)35-13-34-22/h5-6,9-12H,7-8,13H2,1-4H3,(H,26,29). The number of carbonyl (C=O) groups is 1. The van der Waals surface area contributed by atoms with Gasteiger partial charge in [0.15, 0.2) is 16.5 Å². The molecule has 0 atom stereocenters. The second-order valence-electron chi connectivity index (χ2n) is 7.82. The summed E-state index contributed by atoms with van der Waals surface area (Å²) in [7, 11) is 6.36. The van der Waals surface area contributed by atoms with Crippen LogP contribution in [0.3, 0.4) is 0 Å². The molecule has 0 bridgehead atoms. The molecule has 0 unspecified atom stereocenters. The molecule has 1 aliphatic rings. The molecule has 0 saturated carbocycles. The lowest BCUT2D eigenvalue weighted by Gasteiger charge is -2.14. The lowest BCUT2D eigenvalue weighted by Crippen LogP contribution is -2.25. The third-order valence-electron chi connectivity index (χ3n) is 5.81. The first kappa shape index (κ1) is 23.6. The van der Waals surface area contributed by atoms with Gasteiger partial charge in [-0.15, -0.1) is 0 Å². The Kier molecular flexibility index (Phi) is 6.47. The van der Waals surface area contributed by atoms with Crippen LogP contribution in [0.15, 0.2) is 36.7 Å². The molecule has 0 spiro atoms. The molecular weight excluding hydrogens is 486 g/mol. The summed E-state index contributed by atoms with van der Waals surface area (Å²) in [6.07, 6.45) is 4.15. The molecule has 0 radical (unpaired) electrons. The monoisotopic (exact) mass is 511 g/mol. The molecule has 3 heterocycles. The van der Waals surface area contributed by atoms with Gasteiger partial charge in [-0.25, -0.2) is 4.98 Å². The van der Waals surface area contributed by atoms with Crippen LogP contribution in [0.5, 0.6) is 34.5 Å². The predicted molar refractivity (Wildman–Crippen MR) is 133 cm³/mol. The van der Waals surface area contributed by atoms with Crippen molar-refractivity contribution in [2.75, 3.05) is 41.8 Å². The number of methoxy groups -OCH3 is 4. The van der Waals surface area contributed by atoms with Crippen LogP contribution in [-0.4, -0.2) is 57.1 Å². The topological polar surface area (TPSA) is 102 Å². The number of ether oxygens (including phenoxy) is 6. The highest BCUT2D eigenvalue weighted by Gasteiger charge is 2.27. The van der Waals surface area contributed by atoms with E-state index in [1.807, 2.05) is 34.9 Å². The van der Waals surface area contributed by atoms with Crippen molar-refractivity contribution in [3.05, 3.63) is 47.1 Å². The van der Waals surface area contributed by atoms with Crippen molar-refractivity contribution in [2.45, 2.75) is 6.42 Å². The fourth-order valence-corrected chi connectivity index (χ4v) is 4.95. The summed E-state index contributed by atoms with van der Waals surface area (Å²) in [4.78, 5) is 18.8. The van der Waals surface area contributed by atoms with E-state index in [0.29, 0.717) is 57.3 Å². The summed E-state index contributed by atoms with van der Waals surface area (Å²) < 4.78 is 34.6. The van der Waals surface area contributed by atoms with Gasteiger partial charge in [0.1, 0.15) is 16.4 Å². The molecule has 1 N–H and O–H groups in total. The Balaban J connectivity index is 1.29. The van der Waals surface area contributed by atoms with Gasteiger partial charge in [0, 0.05) is 30.1 Å². The van der Waals surface area contributed by atoms with Gasteiger partial charge in [0.25, 0.3) is 5.91 Å². The zero-order chi connectivity index (χ0) is 25.2. The number of nitrogens with one attached hydrogen (secondary N) is 1. The molecule has 0 saturated heterocycles. The molecular formula is C25H25N3O7S. The molecule has 1 aliphatic heterocycles. The zero-order valence-corrected chi connectivity index (χ0v) is 21.1. The molecule has 2 aromatic carbocycles. The zero-order valence-electron chi connectivity index (χ0n) is 20.2. The minimum absolute atomic E-state index is 0.106.